The number of H-pyrrole nitrogens is 2. The molecular formula is C97H99BBr2Cl2I2N27NaO10S3. The quantitative estimate of drug-likeness (QED) is 0.00557. The van der Waals surface area contributed by atoms with Crippen molar-refractivity contribution in [2.24, 2.45) is 34.4 Å². The number of anilines is 3. The molecule has 13 N–H and O–H groups in total. The van der Waals surface area contributed by atoms with Crippen LogP contribution in [0.3, 0.4) is 0 Å². The van der Waals surface area contributed by atoms with Crippen LogP contribution in [-0.4, -0.2) is 135 Å². The zero-order chi connectivity index (χ0) is 104. The number of amides is 2. The number of halogens is 6. The van der Waals surface area contributed by atoms with Crippen molar-refractivity contribution >= 4 is 212 Å². The number of benzene rings is 1. The first-order chi connectivity index (χ1) is 69.5. The average molecular weight is 2420 g/mol. The van der Waals surface area contributed by atoms with Crippen LogP contribution in [0.4, 0.5) is 23.1 Å². The molecule has 2 saturated carbocycles. The second-order valence-corrected chi connectivity index (χ2v) is 37.2. The molecule has 0 spiro atoms. The van der Waals surface area contributed by atoms with Crippen molar-refractivity contribution < 1.29 is 50.6 Å². The number of hydrazine groups is 2. The summed E-state index contributed by atoms with van der Waals surface area (Å²) in [4.78, 5) is 119. The summed E-state index contributed by atoms with van der Waals surface area (Å²) in [5.74, 6) is 15.4. The Bertz CT molecular complexity index is 7840. The molecule has 0 unspecified atom stereocenters. The van der Waals surface area contributed by atoms with Gasteiger partial charge in [0.2, 0.25) is 17.4 Å². The summed E-state index contributed by atoms with van der Waals surface area (Å²) in [5.41, 5.74) is 14.4. The zero-order valence-corrected chi connectivity index (χ0v) is 92.6. The van der Waals surface area contributed by atoms with Crippen molar-refractivity contribution in [2.75, 3.05) is 20.5 Å². The minimum Gasteiger partial charge on any atom is -1.00 e. The summed E-state index contributed by atoms with van der Waals surface area (Å²) in [6.45, 7) is 15.1. The Kier molecular flexibility index (Phi) is 47.8. The number of nitrogens with two attached hydrogens (primary N) is 3. The SMILES string of the molecule is CCI.CCn1cc(-c2ccc(Cl)nc2)ccc1=O.CCn1cc(-c2ccc(NN)nc2)ccc1=O.CCn1cc(-c2ccc3n[nH]c(=S)n3c2)ccc1=O.CCn1cc(-c2ccc3nnc(Sc4ccc5nc(NC(=O)C6CC6)cn5c4)n3c2)ccc1=O.CCn1cc(Br)ccc1=O.NN.O=C(Nc1cn2nc(I)ccc2n1)C1CC1.O=c1ccc(Br)c[nH]1.OB(O)c1ccc(Cl)nc1.S=C=Nc1ccccc1.[H-].[Na+]. The van der Waals surface area contributed by atoms with E-state index in [4.69, 9.17) is 51.3 Å². The van der Waals surface area contributed by atoms with Crippen LogP contribution in [0.1, 0.15) is 68.7 Å². The number of imidazole rings is 2. The van der Waals surface area contributed by atoms with Crippen molar-refractivity contribution in [3.8, 4) is 44.5 Å². The third-order valence-electron chi connectivity index (χ3n) is 20.4. The van der Waals surface area contributed by atoms with Gasteiger partial charge in [-0.3, -0.25) is 63.9 Å². The van der Waals surface area contributed by atoms with Gasteiger partial charge in [0.25, 0.3) is 27.8 Å². The average Bonchev–Trinajstić information content (AvgIpc) is 1.62. The molecule has 2 aliphatic rings. The van der Waals surface area contributed by atoms with E-state index in [1.165, 1.54) is 40.6 Å². The number of aromatic amines is 2. The van der Waals surface area contributed by atoms with E-state index in [-0.39, 0.29) is 88.0 Å². The van der Waals surface area contributed by atoms with E-state index in [1.807, 2.05) is 201 Å². The number of pyridine rings is 12. The maximum Gasteiger partial charge on any atom is 1.00 e. The smallest absolute Gasteiger partial charge is 1.00 e. The van der Waals surface area contributed by atoms with Gasteiger partial charge in [-0.05, 0) is 305 Å². The standard InChI is InChI=1S/C24H21N7O2S.C13H12N4OS.C12H11ClN2O.C12H14N4O.C10H9IN4O.C7H8BrNO.C7H5NS.C5H5BClNO2.C5H4BrNO.C2H5I.H4N2.Na.H/c1-2-29-11-16(6-10-22(29)32)17-5-8-21-27-28-24(31(21)12-17)34-18-7-9-20-25-19(14-30(20)13-18)26-23(33)15-3-4-15;1-2-16-7-9(4-6-12(16)18)10-3-5-11-14-15-13(19)17(11)8-10;1-2-15-8-10(4-6-12(15)16)9-3-5-11(13)14-7-9;1-2-16-8-10(4-6-12(16)17)9-3-5-11(15-13)14-7-9;11-7-3-4-9-12-8(5-15(9)14-7)13-10(16)6-1-2-6;1-2-9-5-6(8)3-4-7(9)10;9-6-8-7-4-2-1-3-5-7;7-5-2-1-4(3-8-5)6(9)10;6-4-1-2-5(8)7-3-4;1-2-3;1-2;;/h5-15H,2-4H2,1H3,(H,26,33);3-8H,2H2,1H3,(H,15,19);3-8H,2H2,1H3;3-8H,2,13H2,1H3,(H,14,15);3-6H,1-2H2,(H,13,16);3-5H,2H2,1H3;1-5H;1-3,9-10H;1-3H,(H,7,8);2H2,1H3;1-2H2;;/q;;;;;;;;;;;+1;-1. The molecule has 18 aromatic rings. The molecule has 2 amide bonds. The Labute approximate surface area is 923 Å². The second kappa shape index (κ2) is 59.5. The van der Waals surface area contributed by atoms with Crippen LogP contribution < -0.4 is 102 Å². The Morgan fingerprint density at radius 2 is 0.972 bits per heavy atom. The van der Waals surface area contributed by atoms with Crippen LogP contribution in [0.15, 0.2) is 328 Å². The number of aromatic nitrogens is 20. The molecule has 1 aromatic carbocycles. The molecule has 2 aliphatic carbocycles. The van der Waals surface area contributed by atoms with Crippen molar-refractivity contribution in [1.82, 2.24) is 96.0 Å². The molecule has 0 aliphatic heterocycles. The number of hydrogen-bond donors (Lipinski definition) is 10. The van der Waals surface area contributed by atoms with E-state index < -0.39 is 7.12 Å². The fraction of sp³-hybridized carbons (Fsp3) is 0.186. The molecule has 0 saturated heterocycles. The van der Waals surface area contributed by atoms with E-state index in [2.05, 4.69) is 189 Å². The van der Waals surface area contributed by atoms with Gasteiger partial charge in [0.15, 0.2) is 38.5 Å². The predicted molar refractivity (Wildman–Crippen MR) is 597 cm³/mol. The molecule has 2 fully saturated rings. The van der Waals surface area contributed by atoms with Gasteiger partial charge in [-0.2, -0.15) is 15.2 Å². The summed E-state index contributed by atoms with van der Waals surface area (Å²) in [6.07, 6.45) is 28.8. The molecule has 17 heterocycles. The van der Waals surface area contributed by atoms with E-state index in [9.17, 15) is 38.4 Å². The molecule has 746 valence electrons. The Balaban J connectivity index is 0.000000206. The van der Waals surface area contributed by atoms with Crippen LogP contribution in [-0.2, 0) is 42.3 Å². The second-order valence-electron chi connectivity index (χ2n) is 30.3. The summed E-state index contributed by atoms with van der Waals surface area (Å²) < 4.78 is 20.1. The topological polar surface area (TPSA) is 493 Å². The Morgan fingerprint density at radius 1 is 0.524 bits per heavy atom. The van der Waals surface area contributed by atoms with Gasteiger partial charge in [-0.1, -0.05) is 77.0 Å². The van der Waals surface area contributed by atoms with Crippen molar-refractivity contribution in [2.45, 2.75) is 110 Å². The first-order valence-corrected chi connectivity index (χ1v) is 50.9. The zero-order valence-electron chi connectivity index (χ0n) is 80.2. The van der Waals surface area contributed by atoms with Crippen molar-refractivity contribution in [1.29, 1.82) is 0 Å². The largest absolute Gasteiger partial charge is 1.00 e. The molecule has 20 rings (SSSR count). The predicted octanol–water partition coefficient (Wildman–Crippen LogP) is 13.4. The van der Waals surface area contributed by atoms with Gasteiger partial charge in [0.05, 0.1) is 23.2 Å². The summed E-state index contributed by atoms with van der Waals surface area (Å²) in [7, 11) is -1.47. The summed E-state index contributed by atoms with van der Waals surface area (Å²) in [6, 6.07) is 55.2. The molecule has 17 aromatic heterocycles. The van der Waals surface area contributed by atoms with Crippen LogP contribution >= 0.6 is 136 Å². The fourth-order valence-electron chi connectivity index (χ4n) is 12.7. The maximum absolute atomic E-state index is 12.0. The van der Waals surface area contributed by atoms with E-state index in [0.717, 1.165) is 128 Å². The minimum atomic E-state index is -1.47. The number of nitrogens with zero attached hydrogens (tertiary/aromatic N) is 19. The van der Waals surface area contributed by atoms with Crippen LogP contribution in [0, 0.1) is 20.3 Å². The Hall–Kier alpha value is -12.1. The number of para-hydroxylation sites is 1. The Morgan fingerprint density at radius 3 is 1.43 bits per heavy atom. The van der Waals surface area contributed by atoms with Crippen LogP contribution in [0.2, 0.25) is 10.3 Å². The first kappa shape index (κ1) is 116. The fourth-order valence-corrected chi connectivity index (χ4v) is 15.1. The van der Waals surface area contributed by atoms with E-state index in [0.29, 0.717) is 64.2 Å². The van der Waals surface area contributed by atoms with Crippen LogP contribution in [0.5, 0.6) is 0 Å². The molecular weight excluding hydrogens is 2320 g/mol. The number of carbonyl (C=O) groups excluding carboxylic acids is 2. The van der Waals surface area contributed by atoms with Crippen molar-refractivity contribution in [3.63, 3.8) is 0 Å². The monoisotopic (exact) mass is 2410 g/mol. The van der Waals surface area contributed by atoms with Gasteiger partial charge < -0.3 is 59.8 Å². The molecule has 145 heavy (non-hydrogen) atoms. The number of hydrogen-bond acceptors (Lipinski definition) is 27. The third-order valence-corrected chi connectivity index (χ3v) is 23.7. The van der Waals surface area contributed by atoms with Gasteiger partial charge in [0, 0.05) is 197 Å². The number of nitrogens with one attached hydrogen (secondary N) is 5. The van der Waals surface area contributed by atoms with Gasteiger partial charge in [0.1, 0.15) is 25.5 Å². The number of thiocarbonyl (C=S) groups is 1. The number of isothiocyanates is 1. The molecule has 0 radical (unpaired) electrons. The normalized spacial score (nSPS) is 11.2. The van der Waals surface area contributed by atoms with E-state index >= 15 is 0 Å². The van der Waals surface area contributed by atoms with E-state index in [1.54, 1.807) is 125 Å². The number of aliphatic imine (C=N–C) groups is 1. The summed E-state index contributed by atoms with van der Waals surface area (Å²) >= 11 is 33.1. The summed E-state index contributed by atoms with van der Waals surface area (Å²) in [5, 5.41) is 46.4. The number of alkyl halides is 1. The number of carbonyl (C=O) groups is 2. The van der Waals surface area contributed by atoms with Gasteiger partial charge in [-0.25, -0.2) is 35.3 Å². The molecule has 48 heteroatoms. The number of rotatable bonds is 18. The minimum absolute atomic E-state index is 0. The first-order valence-electron chi connectivity index (χ1n) is 44.3. The third kappa shape index (κ3) is 36.2. The number of aryl methyl sites for hydroxylation is 5. The number of nitrogen functional groups attached to an aromatic ring is 1. The molecule has 37 nitrogen and oxygen atoms in total. The van der Waals surface area contributed by atoms with Gasteiger partial charge in [-0.15, -0.1) is 10.2 Å². The van der Waals surface area contributed by atoms with Crippen molar-refractivity contribution in [3.05, 3.63) is 365 Å². The van der Waals surface area contributed by atoms with Gasteiger partial charge >= 0.3 is 36.7 Å². The maximum atomic E-state index is 12.0. The van der Waals surface area contributed by atoms with Crippen LogP contribution in [0.25, 0.3) is 67.1 Å². The molecule has 0 bridgehead atoms. The molecule has 0 atom stereocenters. The number of fused-ring (bicyclic) bond motifs is 4.